The Balaban J connectivity index is 1.65. The highest BCUT2D eigenvalue weighted by atomic mass is 16.3. The molecule has 5 rings (SSSR count). The van der Waals surface area contributed by atoms with E-state index in [1.165, 1.54) is 6.07 Å². The second-order valence-corrected chi connectivity index (χ2v) is 7.29. The molecule has 0 unspecified atom stereocenters. The Hall–Kier alpha value is -3.15. The van der Waals surface area contributed by atoms with Crippen LogP contribution < -0.4 is 5.56 Å². The predicted molar refractivity (Wildman–Crippen MR) is 102 cm³/mol. The van der Waals surface area contributed by atoms with Crippen LogP contribution in [0.15, 0.2) is 41.2 Å². The molecule has 27 heavy (non-hydrogen) atoms. The van der Waals surface area contributed by atoms with Crippen molar-refractivity contribution in [3.8, 4) is 17.0 Å². The maximum atomic E-state index is 12.9. The summed E-state index contributed by atoms with van der Waals surface area (Å²) < 4.78 is 0. The third-order valence-electron chi connectivity index (χ3n) is 5.72. The number of nitrogens with one attached hydrogen (secondary N) is 1. The third kappa shape index (κ3) is 2.44. The number of amides is 1. The van der Waals surface area contributed by atoms with Crippen LogP contribution in [0.5, 0.6) is 5.75 Å². The van der Waals surface area contributed by atoms with Gasteiger partial charge in [0.2, 0.25) is 0 Å². The van der Waals surface area contributed by atoms with E-state index in [0.717, 1.165) is 31.2 Å². The third-order valence-corrected chi connectivity index (χ3v) is 5.72. The maximum Gasteiger partial charge on any atom is 0.275 e. The fourth-order valence-electron chi connectivity index (χ4n) is 4.36. The van der Waals surface area contributed by atoms with Gasteiger partial charge in [-0.05, 0) is 36.6 Å². The first-order chi connectivity index (χ1) is 13.1. The first kappa shape index (κ1) is 16.1. The average molecular weight is 361 g/mol. The molecule has 0 atom stereocenters. The summed E-state index contributed by atoms with van der Waals surface area (Å²) in [6.07, 6.45) is 4.41. The van der Waals surface area contributed by atoms with Crippen molar-refractivity contribution in [2.75, 3.05) is 0 Å². The zero-order valence-electron chi connectivity index (χ0n) is 14.7. The standard InChI is InChI=1S/C21H19N3O3/c25-17-10-4-9-16-19(17)23-20(26)18(22-16)13-7-3-8-14-15(13)11-24(21(14)27)12-5-1-2-6-12/h3-4,7-10,12,25H,1-2,5-6,11H2,(H,23,26). The first-order valence-electron chi connectivity index (χ1n) is 9.29. The van der Waals surface area contributed by atoms with Gasteiger partial charge in [-0.1, -0.05) is 31.0 Å². The van der Waals surface area contributed by atoms with Gasteiger partial charge in [-0.15, -0.1) is 0 Å². The number of aromatic amines is 1. The predicted octanol–water partition coefficient (Wildman–Crippen LogP) is 3.19. The van der Waals surface area contributed by atoms with E-state index >= 15 is 0 Å². The molecule has 3 aromatic rings. The number of hydrogen-bond donors (Lipinski definition) is 2. The summed E-state index contributed by atoms with van der Waals surface area (Å²) in [5, 5.41) is 9.94. The van der Waals surface area contributed by atoms with Crippen molar-refractivity contribution in [1.29, 1.82) is 0 Å². The fourth-order valence-corrected chi connectivity index (χ4v) is 4.36. The number of rotatable bonds is 2. The molecule has 0 radical (unpaired) electrons. The molecule has 1 aromatic heterocycles. The molecule has 1 aliphatic heterocycles. The number of carbonyl (C=O) groups excluding carboxylic acids is 1. The molecule has 2 aliphatic rings. The van der Waals surface area contributed by atoms with Crippen molar-refractivity contribution in [3.05, 3.63) is 57.9 Å². The molecule has 2 N–H and O–H groups in total. The van der Waals surface area contributed by atoms with E-state index in [1.807, 2.05) is 17.0 Å². The van der Waals surface area contributed by atoms with Gasteiger partial charge in [0.1, 0.15) is 17.0 Å². The second kappa shape index (κ2) is 5.94. The Morgan fingerprint density at radius 1 is 1.04 bits per heavy atom. The van der Waals surface area contributed by atoms with E-state index in [2.05, 4.69) is 9.97 Å². The van der Waals surface area contributed by atoms with Gasteiger partial charge in [0, 0.05) is 23.7 Å². The number of hydrogen-bond acceptors (Lipinski definition) is 4. The number of H-pyrrole nitrogens is 1. The summed E-state index contributed by atoms with van der Waals surface area (Å²) in [7, 11) is 0. The summed E-state index contributed by atoms with van der Waals surface area (Å²) in [5.41, 5.74) is 2.97. The molecule has 6 heteroatoms. The van der Waals surface area contributed by atoms with E-state index in [9.17, 15) is 14.7 Å². The van der Waals surface area contributed by atoms with Crippen LogP contribution in [0.4, 0.5) is 0 Å². The summed E-state index contributed by atoms with van der Waals surface area (Å²) in [5.74, 6) is 0.0399. The average Bonchev–Trinajstić information content (AvgIpc) is 3.30. The normalized spacial score (nSPS) is 17.0. The lowest BCUT2D eigenvalue weighted by atomic mass is 10.0. The maximum absolute atomic E-state index is 12.9. The monoisotopic (exact) mass is 361 g/mol. The van der Waals surface area contributed by atoms with Crippen LogP contribution in [0.25, 0.3) is 22.3 Å². The highest BCUT2D eigenvalue weighted by molar-refractivity contribution is 6.00. The van der Waals surface area contributed by atoms with Crippen molar-refractivity contribution in [1.82, 2.24) is 14.9 Å². The Morgan fingerprint density at radius 2 is 1.78 bits per heavy atom. The van der Waals surface area contributed by atoms with Gasteiger partial charge >= 0.3 is 0 Å². The molecular formula is C21H19N3O3. The summed E-state index contributed by atoms with van der Waals surface area (Å²) in [6.45, 7) is 0.522. The van der Waals surface area contributed by atoms with E-state index in [1.54, 1.807) is 18.2 Å². The zero-order chi connectivity index (χ0) is 18.5. The second-order valence-electron chi connectivity index (χ2n) is 7.29. The minimum atomic E-state index is -0.371. The van der Waals surface area contributed by atoms with E-state index in [0.29, 0.717) is 28.7 Å². The number of aromatic hydroxyl groups is 1. The summed E-state index contributed by atoms with van der Waals surface area (Å²) in [6, 6.07) is 10.7. The number of carbonyl (C=O) groups is 1. The molecule has 0 spiro atoms. The number of nitrogens with zero attached hydrogens (tertiary/aromatic N) is 2. The number of phenolic OH excluding ortho intramolecular Hbond substituents is 1. The Kier molecular flexibility index (Phi) is 3.53. The molecular weight excluding hydrogens is 342 g/mol. The molecule has 1 amide bonds. The molecule has 0 bridgehead atoms. The van der Waals surface area contributed by atoms with Crippen molar-refractivity contribution in [2.24, 2.45) is 0 Å². The van der Waals surface area contributed by atoms with Crippen LogP contribution in [-0.4, -0.2) is 31.9 Å². The SMILES string of the molecule is O=C1c2cccc(-c3nc4cccc(O)c4[nH]c3=O)c2CN1C1CCCC1. The number of benzene rings is 2. The lowest BCUT2D eigenvalue weighted by molar-refractivity contribution is 0.0707. The number of phenols is 1. The van der Waals surface area contributed by atoms with Crippen LogP contribution in [-0.2, 0) is 6.54 Å². The molecule has 136 valence electrons. The largest absolute Gasteiger partial charge is 0.506 e. The van der Waals surface area contributed by atoms with Crippen LogP contribution in [0, 0.1) is 0 Å². The van der Waals surface area contributed by atoms with E-state index < -0.39 is 0 Å². The summed E-state index contributed by atoms with van der Waals surface area (Å²) >= 11 is 0. The number of aromatic nitrogens is 2. The Morgan fingerprint density at radius 3 is 2.59 bits per heavy atom. The zero-order valence-corrected chi connectivity index (χ0v) is 14.7. The number of para-hydroxylation sites is 1. The minimum absolute atomic E-state index is 0.00970. The van der Waals surface area contributed by atoms with Crippen molar-refractivity contribution in [2.45, 2.75) is 38.3 Å². The van der Waals surface area contributed by atoms with Gasteiger partial charge in [0.05, 0.1) is 5.52 Å². The number of fused-ring (bicyclic) bond motifs is 2. The van der Waals surface area contributed by atoms with E-state index in [-0.39, 0.29) is 29.0 Å². The molecule has 1 fully saturated rings. The van der Waals surface area contributed by atoms with Crippen molar-refractivity contribution < 1.29 is 9.90 Å². The smallest absolute Gasteiger partial charge is 0.275 e. The lowest BCUT2D eigenvalue weighted by Gasteiger charge is -2.23. The van der Waals surface area contributed by atoms with Crippen LogP contribution in [0.3, 0.4) is 0 Å². The van der Waals surface area contributed by atoms with Crippen molar-refractivity contribution >= 4 is 16.9 Å². The van der Waals surface area contributed by atoms with Gasteiger partial charge in [-0.2, -0.15) is 0 Å². The molecule has 0 saturated heterocycles. The van der Waals surface area contributed by atoms with Crippen LogP contribution in [0.1, 0.15) is 41.6 Å². The lowest BCUT2D eigenvalue weighted by Crippen LogP contribution is -2.33. The van der Waals surface area contributed by atoms with Gasteiger partial charge in [0.25, 0.3) is 11.5 Å². The van der Waals surface area contributed by atoms with Gasteiger partial charge in [-0.25, -0.2) is 4.98 Å². The molecule has 2 heterocycles. The van der Waals surface area contributed by atoms with Gasteiger partial charge < -0.3 is 15.0 Å². The van der Waals surface area contributed by atoms with Crippen LogP contribution in [0.2, 0.25) is 0 Å². The molecule has 1 saturated carbocycles. The van der Waals surface area contributed by atoms with E-state index in [4.69, 9.17) is 0 Å². The quantitative estimate of drug-likeness (QED) is 0.734. The van der Waals surface area contributed by atoms with Gasteiger partial charge in [0.15, 0.2) is 0 Å². The molecule has 1 aliphatic carbocycles. The first-order valence-corrected chi connectivity index (χ1v) is 9.29. The Labute approximate surface area is 155 Å². The highest BCUT2D eigenvalue weighted by Gasteiger charge is 2.35. The highest BCUT2D eigenvalue weighted by Crippen LogP contribution is 2.35. The fraction of sp³-hybridized carbons (Fsp3) is 0.286. The van der Waals surface area contributed by atoms with Gasteiger partial charge in [-0.3, -0.25) is 9.59 Å². The Bertz CT molecular complexity index is 1130. The summed E-state index contributed by atoms with van der Waals surface area (Å²) in [4.78, 5) is 34.7. The van der Waals surface area contributed by atoms with Crippen molar-refractivity contribution in [3.63, 3.8) is 0 Å². The minimum Gasteiger partial charge on any atom is -0.506 e. The molecule has 6 nitrogen and oxygen atoms in total. The topological polar surface area (TPSA) is 86.3 Å². The van der Waals surface area contributed by atoms with Crippen LogP contribution >= 0.6 is 0 Å². The molecule has 2 aromatic carbocycles.